The zero-order valence-electron chi connectivity index (χ0n) is 22.2. The number of aliphatic imine (C=N–C) groups is 1. The second-order valence-corrected chi connectivity index (χ2v) is 13.0. The van der Waals surface area contributed by atoms with E-state index in [0.29, 0.717) is 0 Å². The zero-order valence-corrected chi connectivity index (χ0v) is 24.5. The molecule has 17 heteroatoms. The summed E-state index contributed by atoms with van der Waals surface area (Å²) in [7, 11) is 0. The van der Waals surface area contributed by atoms with Crippen molar-refractivity contribution in [2.75, 3.05) is 19.7 Å². The highest BCUT2D eigenvalue weighted by Gasteiger charge is 2.74. The van der Waals surface area contributed by atoms with Crippen LogP contribution in [0.3, 0.4) is 0 Å². The van der Waals surface area contributed by atoms with Gasteiger partial charge in [0.25, 0.3) is 5.91 Å². The quantitative estimate of drug-likeness (QED) is 0.143. The summed E-state index contributed by atoms with van der Waals surface area (Å²) in [6.07, 6.45) is -1.03. The van der Waals surface area contributed by atoms with Crippen molar-refractivity contribution < 1.29 is 34.1 Å². The number of nitrogens with zero attached hydrogens (tertiary/aromatic N) is 3. The van der Waals surface area contributed by atoms with E-state index >= 15 is 0 Å². The summed E-state index contributed by atoms with van der Waals surface area (Å²) >= 11 is 17.1. The molecule has 1 spiro atoms. The molecule has 0 aliphatic carbocycles. The Labute approximate surface area is 255 Å². The van der Waals surface area contributed by atoms with Gasteiger partial charge >= 0.3 is 6.09 Å². The molecule has 42 heavy (non-hydrogen) atoms. The van der Waals surface area contributed by atoms with Crippen LogP contribution >= 0.6 is 34.8 Å². The standard InChI is InChI=1S/C25H28Cl3N7O7/c1-12-3-5-14(6-4-12)20(38)31-16-10-35-21(32-22(39)42-11-23(26,27)28)30-15(9-34-17(36)7-8-18(34)37)19-24(35,25(16,40)41)33-13(2)29-19/h3-6,15-16,19,29,33,40-41H,2,7-11H2,1H3,(H,31,38)(H,30,32,39)/t15-,16?,19-,24-/m0/s1. The van der Waals surface area contributed by atoms with Gasteiger partial charge in [0, 0.05) is 24.9 Å². The number of imide groups is 1. The molecular formula is C25H28Cl3N7O7. The predicted molar refractivity (Wildman–Crippen MR) is 150 cm³/mol. The fraction of sp³-hybridized carbons (Fsp3) is 0.480. The minimum absolute atomic E-state index is 0.0289. The molecule has 4 aliphatic rings. The smallest absolute Gasteiger partial charge is 0.414 e. The lowest BCUT2D eigenvalue weighted by molar-refractivity contribution is -0.231. The first kappa shape index (κ1) is 30.2. The maximum Gasteiger partial charge on any atom is 0.414 e. The van der Waals surface area contributed by atoms with Gasteiger partial charge in [0.1, 0.15) is 12.6 Å². The molecule has 6 N–H and O–H groups in total. The van der Waals surface area contributed by atoms with Crippen molar-refractivity contribution in [3.8, 4) is 0 Å². The number of rotatable bonds is 5. The van der Waals surface area contributed by atoms with Crippen LogP contribution in [0.2, 0.25) is 0 Å². The Hall–Kier alpha value is -3.30. The molecule has 3 saturated heterocycles. The number of guanidine groups is 1. The van der Waals surface area contributed by atoms with E-state index in [9.17, 15) is 29.4 Å². The molecule has 4 amide bonds. The third-order valence-corrected chi connectivity index (χ3v) is 7.94. The number of aryl methyl sites for hydroxylation is 1. The first-order valence-electron chi connectivity index (χ1n) is 12.9. The van der Waals surface area contributed by atoms with E-state index in [2.05, 4.69) is 32.8 Å². The van der Waals surface area contributed by atoms with E-state index in [-0.39, 0.29) is 43.3 Å². The molecule has 3 fully saturated rings. The van der Waals surface area contributed by atoms with Gasteiger partial charge in [-0.2, -0.15) is 0 Å². The molecule has 1 aromatic rings. The minimum atomic E-state index is -2.73. The molecule has 14 nitrogen and oxygen atoms in total. The third kappa shape index (κ3) is 5.33. The van der Waals surface area contributed by atoms with Crippen LogP contribution in [0.5, 0.6) is 0 Å². The summed E-state index contributed by atoms with van der Waals surface area (Å²) < 4.78 is 3.07. The van der Waals surface area contributed by atoms with Gasteiger partial charge in [-0.3, -0.25) is 24.6 Å². The Morgan fingerprint density at radius 1 is 1.19 bits per heavy atom. The maximum atomic E-state index is 13.1. The molecule has 226 valence electrons. The van der Waals surface area contributed by atoms with Crippen LogP contribution < -0.4 is 21.3 Å². The van der Waals surface area contributed by atoms with Crippen molar-refractivity contribution in [1.82, 2.24) is 31.1 Å². The minimum Gasteiger partial charge on any atom is -0.445 e. The molecular weight excluding hydrogens is 617 g/mol. The molecule has 4 aliphatic heterocycles. The van der Waals surface area contributed by atoms with Crippen LogP contribution in [0.15, 0.2) is 41.7 Å². The number of alkyl halides is 3. The predicted octanol–water partition coefficient (Wildman–Crippen LogP) is -0.198. The first-order chi connectivity index (χ1) is 19.6. The number of likely N-dealkylation sites (tertiary alicyclic amines) is 1. The van der Waals surface area contributed by atoms with E-state index < -0.39 is 63.8 Å². The van der Waals surface area contributed by atoms with E-state index in [1.165, 1.54) is 4.90 Å². The van der Waals surface area contributed by atoms with E-state index in [1.807, 2.05) is 6.92 Å². The van der Waals surface area contributed by atoms with Crippen molar-refractivity contribution in [2.24, 2.45) is 4.99 Å². The van der Waals surface area contributed by atoms with E-state index in [4.69, 9.17) is 39.5 Å². The molecule has 0 radical (unpaired) electrons. The fourth-order valence-corrected chi connectivity index (χ4v) is 5.83. The van der Waals surface area contributed by atoms with Gasteiger partial charge in [-0.15, -0.1) is 0 Å². The Bertz CT molecular complexity index is 1350. The monoisotopic (exact) mass is 643 g/mol. The number of carbonyl (C=O) groups excluding carboxylic acids is 4. The van der Waals surface area contributed by atoms with Crippen LogP contribution in [0.4, 0.5) is 4.79 Å². The molecule has 4 atom stereocenters. The number of benzene rings is 1. The number of alkyl carbamates (subject to hydrolysis) is 1. The second-order valence-electron chi connectivity index (χ2n) is 10.5. The number of hydrogen-bond donors (Lipinski definition) is 6. The molecule has 1 aromatic carbocycles. The first-order valence-corrected chi connectivity index (χ1v) is 14.0. The van der Waals surface area contributed by atoms with Crippen LogP contribution in [0.1, 0.15) is 28.8 Å². The van der Waals surface area contributed by atoms with Gasteiger partial charge in [0.15, 0.2) is 5.66 Å². The van der Waals surface area contributed by atoms with Crippen molar-refractivity contribution in [3.63, 3.8) is 0 Å². The number of ether oxygens (including phenoxy) is 1. The maximum absolute atomic E-state index is 13.1. The number of aliphatic hydroxyl groups is 2. The summed E-state index contributed by atoms with van der Waals surface area (Å²) in [5.41, 5.74) is -0.687. The topological polar surface area (TPSA) is 185 Å². The second kappa shape index (κ2) is 10.8. The van der Waals surface area contributed by atoms with Crippen molar-refractivity contribution in [3.05, 3.63) is 47.8 Å². The van der Waals surface area contributed by atoms with Gasteiger partial charge in [-0.1, -0.05) is 59.1 Å². The van der Waals surface area contributed by atoms with Crippen LogP contribution in [0.25, 0.3) is 0 Å². The van der Waals surface area contributed by atoms with Gasteiger partial charge in [0.2, 0.25) is 27.4 Å². The van der Waals surface area contributed by atoms with Gasteiger partial charge in [-0.05, 0) is 19.1 Å². The summed E-state index contributed by atoms with van der Waals surface area (Å²) in [5, 5.41) is 34.6. The van der Waals surface area contributed by atoms with Crippen molar-refractivity contribution in [1.29, 1.82) is 0 Å². The lowest BCUT2D eigenvalue weighted by Gasteiger charge is -2.49. The van der Waals surface area contributed by atoms with Gasteiger partial charge in [-0.25, -0.2) is 9.79 Å². The largest absolute Gasteiger partial charge is 0.445 e. The number of amides is 4. The highest BCUT2D eigenvalue weighted by Crippen LogP contribution is 2.45. The molecule has 1 unspecified atom stereocenters. The average molecular weight is 645 g/mol. The molecule has 0 aromatic heterocycles. The number of nitrogens with one attached hydrogen (secondary N) is 4. The summed E-state index contributed by atoms with van der Waals surface area (Å²) in [6.45, 7) is 4.61. The van der Waals surface area contributed by atoms with E-state index in [0.717, 1.165) is 10.5 Å². The van der Waals surface area contributed by atoms with Crippen molar-refractivity contribution >= 4 is 64.6 Å². The summed E-state index contributed by atoms with van der Waals surface area (Å²) in [5.74, 6) is -4.19. The normalized spacial score (nSPS) is 28.0. The molecule has 5 rings (SSSR count). The summed E-state index contributed by atoms with van der Waals surface area (Å²) in [4.78, 5) is 57.7. The van der Waals surface area contributed by atoms with Gasteiger partial charge < -0.3 is 35.8 Å². The van der Waals surface area contributed by atoms with Crippen LogP contribution in [-0.2, 0) is 14.3 Å². The lowest BCUT2D eigenvalue weighted by Crippen LogP contribution is -2.78. The third-order valence-electron chi connectivity index (χ3n) is 7.61. The highest BCUT2D eigenvalue weighted by molar-refractivity contribution is 6.67. The van der Waals surface area contributed by atoms with Gasteiger partial charge in [0.05, 0.1) is 24.4 Å². The molecule has 0 bridgehead atoms. The zero-order chi connectivity index (χ0) is 30.6. The van der Waals surface area contributed by atoms with Crippen LogP contribution in [-0.4, -0.2) is 103 Å². The summed E-state index contributed by atoms with van der Waals surface area (Å²) in [6, 6.07) is 3.29. The highest BCUT2D eigenvalue weighted by atomic mass is 35.6. The average Bonchev–Trinajstić information content (AvgIpc) is 3.50. The van der Waals surface area contributed by atoms with E-state index in [1.54, 1.807) is 24.3 Å². The lowest BCUT2D eigenvalue weighted by atomic mass is 9.85. The number of hydrogen-bond acceptors (Lipinski definition) is 11. The Balaban J connectivity index is 1.51. The number of carbonyl (C=O) groups is 4. The Kier molecular flexibility index (Phi) is 7.73. The fourth-order valence-electron chi connectivity index (χ4n) is 5.67. The number of halogens is 3. The Morgan fingerprint density at radius 2 is 1.83 bits per heavy atom. The molecule has 0 saturated carbocycles. The SMILES string of the molecule is C=C1N[C@H]2[C@H](CN3C(=O)CCC3=O)N=C(NC(=O)OCC(Cl)(Cl)Cl)N3CC(NC(=O)c4ccc(C)cc4)C(O)(O)[C@]23N1. The Morgan fingerprint density at radius 3 is 2.45 bits per heavy atom. The van der Waals surface area contributed by atoms with Crippen LogP contribution in [0, 0.1) is 6.92 Å². The molecule has 4 heterocycles. The van der Waals surface area contributed by atoms with Crippen molar-refractivity contribution in [2.45, 2.75) is 53.1 Å².